The summed E-state index contributed by atoms with van der Waals surface area (Å²) in [6.45, 7) is 0.974. The molecule has 0 radical (unpaired) electrons. The standard InChI is InChI=1S/C14H15N3/c15-8-12-11-6-1-2-7-13(11)17-14(12)16-9-10-4-3-5-10/h1-2,6-7,10,16-17H,3-5,9H2. The predicted octanol–water partition coefficient (Wildman–Crippen LogP) is 3.25. The van der Waals surface area contributed by atoms with Crippen molar-refractivity contribution in [1.82, 2.24) is 4.98 Å². The Bertz CT molecular complexity index is 573. The van der Waals surface area contributed by atoms with Crippen molar-refractivity contribution < 1.29 is 0 Å². The Hall–Kier alpha value is -1.95. The van der Waals surface area contributed by atoms with Gasteiger partial charge in [0.15, 0.2) is 0 Å². The molecule has 86 valence electrons. The molecule has 2 N–H and O–H groups in total. The maximum atomic E-state index is 9.23. The number of hydrogen-bond acceptors (Lipinski definition) is 2. The van der Waals surface area contributed by atoms with Crippen molar-refractivity contribution in [3.63, 3.8) is 0 Å². The minimum atomic E-state index is 0.736. The van der Waals surface area contributed by atoms with E-state index in [0.717, 1.165) is 34.7 Å². The third kappa shape index (κ3) is 1.76. The summed E-state index contributed by atoms with van der Waals surface area (Å²) in [4.78, 5) is 3.29. The Morgan fingerprint density at radius 1 is 1.35 bits per heavy atom. The van der Waals surface area contributed by atoms with Crippen LogP contribution in [-0.4, -0.2) is 11.5 Å². The van der Waals surface area contributed by atoms with Crippen LogP contribution >= 0.6 is 0 Å². The van der Waals surface area contributed by atoms with E-state index in [4.69, 9.17) is 0 Å². The first-order valence-corrected chi connectivity index (χ1v) is 6.13. The Labute approximate surface area is 100 Å². The fourth-order valence-corrected chi connectivity index (χ4v) is 2.33. The first-order valence-electron chi connectivity index (χ1n) is 6.13. The molecule has 2 aromatic rings. The van der Waals surface area contributed by atoms with E-state index >= 15 is 0 Å². The number of rotatable bonds is 3. The van der Waals surface area contributed by atoms with E-state index in [1.807, 2.05) is 24.3 Å². The van der Waals surface area contributed by atoms with Crippen LogP contribution in [0, 0.1) is 17.2 Å². The summed E-state index contributed by atoms with van der Waals surface area (Å²) in [5.74, 6) is 1.66. The molecule has 0 bridgehead atoms. The van der Waals surface area contributed by atoms with E-state index < -0.39 is 0 Å². The molecule has 1 heterocycles. The lowest BCUT2D eigenvalue weighted by Crippen LogP contribution is -2.21. The van der Waals surface area contributed by atoms with Gasteiger partial charge in [0, 0.05) is 17.4 Å². The quantitative estimate of drug-likeness (QED) is 0.842. The number of anilines is 1. The van der Waals surface area contributed by atoms with Gasteiger partial charge < -0.3 is 10.3 Å². The third-order valence-electron chi connectivity index (χ3n) is 3.61. The van der Waals surface area contributed by atoms with E-state index in [2.05, 4.69) is 16.4 Å². The maximum Gasteiger partial charge on any atom is 0.122 e. The molecule has 0 aliphatic heterocycles. The van der Waals surface area contributed by atoms with Crippen LogP contribution in [0.1, 0.15) is 24.8 Å². The van der Waals surface area contributed by atoms with Crippen LogP contribution in [0.3, 0.4) is 0 Å². The van der Waals surface area contributed by atoms with Crippen LogP contribution in [0.5, 0.6) is 0 Å². The monoisotopic (exact) mass is 225 g/mol. The molecule has 0 unspecified atom stereocenters. The fourth-order valence-electron chi connectivity index (χ4n) is 2.33. The first kappa shape index (κ1) is 10.2. The highest BCUT2D eigenvalue weighted by molar-refractivity contribution is 5.91. The number of aromatic amines is 1. The fraction of sp³-hybridized carbons (Fsp3) is 0.357. The largest absolute Gasteiger partial charge is 0.370 e. The Morgan fingerprint density at radius 3 is 2.88 bits per heavy atom. The average Bonchev–Trinajstić information content (AvgIpc) is 2.64. The molecule has 1 aromatic heterocycles. The zero-order valence-electron chi connectivity index (χ0n) is 9.66. The van der Waals surface area contributed by atoms with Crippen molar-refractivity contribution in [2.75, 3.05) is 11.9 Å². The molecule has 3 nitrogen and oxygen atoms in total. The van der Waals surface area contributed by atoms with Crippen molar-refractivity contribution in [3.8, 4) is 6.07 Å². The number of nitrogens with zero attached hydrogens (tertiary/aromatic N) is 1. The Kier molecular flexibility index (Phi) is 2.49. The number of fused-ring (bicyclic) bond motifs is 1. The Balaban J connectivity index is 1.89. The summed E-state index contributed by atoms with van der Waals surface area (Å²) in [5.41, 5.74) is 1.76. The minimum Gasteiger partial charge on any atom is -0.370 e. The van der Waals surface area contributed by atoms with Crippen LogP contribution in [0.25, 0.3) is 10.9 Å². The van der Waals surface area contributed by atoms with Gasteiger partial charge in [0.25, 0.3) is 0 Å². The normalized spacial score (nSPS) is 15.5. The van der Waals surface area contributed by atoms with Crippen LogP contribution in [0.4, 0.5) is 5.82 Å². The van der Waals surface area contributed by atoms with Gasteiger partial charge in [-0.1, -0.05) is 24.6 Å². The van der Waals surface area contributed by atoms with E-state index in [0.29, 0.717) is 0 Å². The SMILES string of the molecule is N#Cc1c(NCC2CCC2)[nH]c2ccccc12. The van der Waals surface area contributed by atoms with Crippen LogP contribution < -0.4 is 5.32 Å². The molecular formula is C14H15N3. The second-order valence-corrected chi connectivity index (χ2v) is 4.71. The first-order chi connectivity index (χ1) is 8.38. The molecule has 0 spiro atoms. The lowest BCUT2D eigenvalue weighted by Gasteiger charge is -2.25. The second kappa shape index (κ2) is 4.14. The van der Waals surface area contributed by atoms with Gasteiger partial charge in [0.1, 0.15) is 17.5 Å². The van der Waals surface area contributed by atoms with Crippen molar-refractivity contribution in [1.29, 1.82) is 5.26 Å². The third-order valence-corrected chi connectivity index (χ3v) is 3.61. The van der Waals surface area contributed by atoms with Crippen molar-refractivity contribution in [2.45, 2.75) is 19.3 Å². The molecule has 1 fully saturated rings. The van der Waals surface area contributed by atoms with Gasteiger partial charge in [-0.15, -0.1) is 0 Å². The van der Waals surface area contributed by atoms with Gasteiger partial charge in [-0.3, -0.25) is 0 Å². The highest BCUT2D eigenvalue weighted by atomic mass is 15.0. The predicted molar refractivity (Wildman–Crippen MR) is 68.8 cm³/mol. The topological polar surface area (TPSA) is 51.6 Å². The molecule has 1 aliphatic carbocycles. The molecular weight excluding hydrogens is 210 g/mol. The molecule has 0 saturated heterocycles. The van der Waals surface area contributed by atoms with E-state index in [1.165, 1.54) is 19.3 Å². The number of hydrogen-bond donors (Lipinski definition) is 2. The zero-order valence-corrected chi connectivity index (χ0v) is 9.66. The van der Waals surface area contributed by atoms with Gasteiger partial charge in [0.05, 0.1) is 0 Å². The number of H-pyrrole nitrogens is 1. The number of nitrogens with one attached hydrogen (secondary N) is 2. The summed E-state index contributed by atoms with van der Waals surface area (Å²) in [6.07, 6.45) is 3.98. The number of para-hydroxylation sites is 1. The van der Waals surface area contributed by atoms with E-state index in [9.17, 15) is 5.26 Å². The number of nitriles is 1. The second-order valence-electron chi connectivity index (χ2n) is 4.71. The van der Waals surface area contributed by atoms with Crippen LogP contribution in [-0.2, 0) is 0 Å². The average molecular weight is 225 g/mol. The molecule has 1 aliphatic rings. The summed E-state index contributed by atoms with van der Waals surface area (Å²) >= 11 is 0. The molecule has 0 atom stereocenters. The minimum absolute atomic E-state index is 0.736. The van der Waals surface area contributed by atoms with Gasteiger partial charge >= 0.3 is 0 Å². The van der Waals surface area contributed by atoms with Gasteiger partial charge in [-0.2, -0.15) is 5.26 Å². The number of benzene rings is 1. The summed E-state index contributed by atoms with van der Waals surface area (Å²) in [6, 6.07) is 10.2. The van der Waals surface area contributed by atoms with Crippen LogP contribution in [0.2, 0.25) is 0 Å². The smallest absolute Gasteiger partial charge is 0.122 e. The molecule has 3 heteroatoms. The molecule has 3 rings (SSSR count). The zero-order chi connectivity index (χ0) is 11.7. The summed E-state index contributed by atoms with van der Waals surface area (Å²) < 4.78 is 0. The van der Waals surface area contributed by atoms with Gasteiger partial charge in [-0.05, 0) is 24.8 Å². The van der Waals surface area contributed by atoms with E-state index in [-0.39, 0.29) is 0 Å². The molecule has 17 heavy (non-hydrogen) atoms. The lowest BCUT2D eigenvalue weighted by atomic mass is 9.85. The van der Waals surface area contributed by atoms with Crippen molar-refractivity contribution in [2.24, 2.45) is 5.92 Å². The Morgan fingerprint density at radius 2 is 2.18 bits per heavy atom. The molecule has 1 aromatic carbocycles. The highest BCUT2D eigenvalue weighted by Gasteiger charge is 2.18. The van der Waals surface area contributed by atoms with E-state index in [1.54, 1.807) is 0 Å². The van der Waals surface area contributed by atoms with Gasteiger partial charge in [-0.25, -0.2) is 0 Å². The van der Waals surface area contributed by atoms with Crippen molar-refractivity contribution in [3.05, 3.63) is 29.8 Å². The lowest BCUT2D eigenvalue weighted by molar-refractivity contribution is 0.333. The van der Waals surface area contributed by atoms with Crippen molar-refractivity contribution >= 4 is 16.7 Å². The maximum absolute atomic E-state index is 9.23. The summed E-state index contributed by atoms with van der Waals surface area (Å²) in [7, 11) is 0. The summed E-state index contributed by atoms with van der Waals surface area (Å²) in [5, 5.41) is 13.6. The molecule has 0 amide bonds. The van der Waals surface area contributed by atoms with Crippen LogP contribution in [0.15, 0.2) is 24.3 Å². The van der Waals surface area contributed by atoms with Gasteiger partial charge in [0.2, 0.25) is 0 Å². The highest BCUT2D eigenvalue weighted by Crippen LogP contribution is 2.29. The molecule has 1 saturated carbocycles. The number of aromatic nitrogens is 1.